The molecule has 3 nitrogen and oxygen atoms in total. The molecular formula is C13H20N2O. The quantitative estimate of drug-likeness (QED) is 0.566. The largest absolute Gasteiger partial charge is 0.473 e. The third kappa shape index (κ3) is 4.34. The molecular weight excluding hydrogens is 200 g/mol. The molecule has 0 saturated carbocycles. The van der Waals surface area contributed by atoms with Crippen molar-refractivity contribution >= 4 is 5.69 Å². The molecule has 88 valence electrons. The van der Waals surface area contributed by atoms with E-state index in [1.165, 1.54) is 0 Å². The first-order valence-electron chi connectivity index (χ1n) is 5.70. The van der Waals surface area contributed by atoms with E-state index in [4.69, 9.17) is 4.74 Å². The number of nitrogens with one attached hydrogen (secondary N) is 1. The fraction of sp³-hybridized carbons (Fsp3) is 0.462. The second kappa shape index (κ2) is 6.88. The first-order chi connectivity index (χ1) is 7.74. The van der Waals surface area contributed by atoms with E-state index in [9.17, 15) is 0 Å². The summed E-state index contributed by atoms with van der Waals surface area (Å²) in [6.07, 6.45) is 5.90. The molecule has 0 bridgehead atoms. The molecule has 0 saturated heterocycles. The number of nitrogens with zero attached hydrogens (tertiary/aromatic N) is 1. The van der Waals surface area contributed by atoms with Crippen molar-refractivity contribution < 1.29 is 4.74 Å². The third-order valence-electron chi connectivity index (χ3n) is 2.02. The Morgan fingerprint density at radius 2 is 2.38 bits per heavy atom. The van der Waals surface area contributed by atoms with Crippen LogP contribution in [-0.2, 0) is 0 Å². The summed E-state index contributed by atoms with van der Waals surface area (Å²) in [6.45, 7) is 8.60. The normalized spacial score (nSPS) is 10.2. The zero-order valence-corrected chi connectivity index (χ0v) is 10.1. The van der Waals surface area contributed by atoms with Crippen molar-refractivity contribution in [3.8, 4) is 5.88 Å². The lowest BCUT2D eigenvalue weighted by Crippen LogP contribution is -2.10. The summed E-state index contributed by atoms with van der Waals surface area (Å²) < 4.78 is 5.61. The number of rotatable bonds is 7. The van der Waals surface area contributed by atoms with Crippen molar-refractivity contribution in [2.75, 3.05) is 11.9 Å². The van der Waals surface area contributed by atoms with E-state index in [2.05, 4.69) is 16.9 Å². The van der Waals surface area contributed by atoms with Crippen molar-refractivity contribution in [1.29, 1.82) is 0 Å². The number of aromatic nitrogens is 1. The van der Waals surface area contributed by atoms with E-state index in [1.54, 1.807) is 6.20 Å². The predicted octanol–water partition coefficient (Wildman–Crippen LogP) is 3.25. The van der Waals surface area contributed by atoms with E-state index in [1.807, 2.05) is 32.1 Å². The Hall–Kier alpha value is -1.51. The first kappa shape index (κ1) is 12.6. The maximum absolute atomic E-state index is 5.61. The minimum absolute atomic E-state index is 0.142. The monoisotopic (exact) mass is 220 g/mol. The number of anilines is 1. The van der Waals surface area contributed by atoms with Gasteiger partial charge in [0.2, 0.25) is 5.88 Å². The number of pyridine rings is 1. The molecule has 1 heterocycles. The average molecular weight is 220 g/mol. The highest BCUT2D eigenvalue weighted by Gasteiger charge is 2.05. The van der Waals surface area contributed by atoms with Crippen molar-refractivity contribution in [3.05, 3.63) is 31.0 Å². The van der Waals surface area contributed by atoms with Gasteiger partial charge in [0, 0.05) is 12.7 Å². The molecule has 0 spiro atoms. The average Bonchev–Trinajstić information content (AvgIpc) is 2.26. The van der Waals surface area contributed by atoms with Gasteiger partial charge in [-0.05, 0) is 38.8 Å². The van der Waals surface area contributed by atoms with Crippen molar-refractivity contribution in [2.45, 2.75) is 32.8 Å². The van der Waals surface area contributed by atoms with Gasteiger partial charge in [-0.2, -0.15) is 0 Å². The summed E-state index contributed by atoms with van der Waals surface area (Å²) in [7, 11) is 0. The third-order valence-corrected chi connectivity index (χ3v) is 2.02. The molecule has 0 atom stereocenters. The summed E-state index contributed by atoms with van der Waals surface area (Å²) in [5, 5.41) is 3.32. The van der Waals surface area contributed by atoms with Gasteiger partial charge in [-0.3, -0.25) is 0 Å². The van der Waals surface area contributed by atoms with Crippen LogP contribution in [0.1, 0.15) is 26.7 Å². The van der Waals surface area contributed by atoms with Crippen molar-refractivity contribution in [2.24, 2.45) is 0 Å². The summed E-state index contributed by atoms with van der Waals surface area (Å²) in [5.41, 5.74) is 0.959. The molecule has 16 heavy (non-hydrogen) atoms. The highest BCUT2D eigenvalue weighted by atomic mass is 16.5. The van der Waals surface area contributed by atoms with Gasteiger partial charge < -0.3 is 10.1 Å². The van der Waals surface area contributed by atoms with E-state index in [0.29, 0.717) is 5.88 Å². The highest BCUT2D eigenvalue weighted by molar-refractivity contribution is 5.51. The van der Waals surface area contributed by atoms with E-state index in [-0.39, 0.29) is 6.10 Å². The van der Waals surface area contributed by atoms with Crippen LogP contribution in [0, 0.1) is 0 Å². The molecule has 0 unspecified atom stereocenters. The Bertz CT molecular complexity index is 323. The number of unbranched alkanes of at least 4 members (excludes halogenated alkanes) is 1. The Morgan fingerprint density at radius 3 is 3.06 bits per heavy atom. The van der Waals surface area contributed by atoms with Crippen LogP contribution in [0.25, 0.3) is 0 Å². The lowest BCUT2D eigenvalue weighted by atomic mass is 10.3. The molecule has 1 aromatic heterocycles. The molecule has 0 aliphatic heterocycles. The van der Waals surface area contributed by atoms with Crippen LogP contribution in [-0.4, -0.2) is 17.6 Å². The number of ether oxygens (including phenoxy) is 1. The van der Waals surface area contributed by atoms with Gasteiger partial charge in [0.15, 0.2) is 0 Å². The molecule has 0 aliphatic carbocycles. The lowest BCUT2D eigenvalue weighted by Gasteiger charge is -2.13. The molecule has 1 aromatic rings. The Balaban J connectivity index is 2.53. The van der Waals surface area contributed by atoms with Crippen LogP contribution >= 0.6 is 0 Å². The van der Waals surface area contributed by atoms with Crippen LogP contribution in [0.5, 0.6) is 5.88 Å². The van der Waals surface area contributed by atoms with Crippen molar-refractivity contribution in [1.82, 2.24) is 4.98 Å². The predicted molar refractivity (Wildman–Crippen MR) is 67.9 cm³/mol. The Kier molecular flexibility index (Phi) is 5.40. The van der Waals surface area contributed by atoms with Gasteiger partial charge in [-0.15, -0.1) is 6.58 Å². The molecule has 0 radical (unpaired) electrons. The molecule has 1 rings (SSSR count). The summed E-state index contributed by atoms with van der Waals surface area (Å²) >= 11 is 0. The molecule has 3 heteroatoms. The zero-order valence-electron chi connectivity index (χ0n) is 10.1. The van der Waals surface area contributed by atoms with Gasteiger partial charge in [-0.25, -0.2) is 4.98 Å². The van der Waals surface area contributed by atoms with Crippen LogP contribution < -0.4 is 10.1 Å². The van der Waals surface area contributed by atoms with Gasteiger partial charge in [0.1, 0.15) is 0 Å². The van der Waals surface area contributed by atoms with Crippen LogP contribution in [0.2, 0.25) is 0 Å². The summed E-state index contributed by atoms with van der Waals surface area (Å²) in [6, 6.07) is 3.89. The molecule has 0 aliphatic rings. The van der Waals surface area contributed by atoms with Gasteiger partial charge in [-0.1, -0.05) is 6.08 Å². The number of allylic oxidation sites excluding steroid dienone is 1. The maximum Gasteiger partial charge on any atom is 0.237 e. The first-order valence-corrected chi connectivity index (χ1v) is 5.70. The summed E-state index contributed by atoms with van der Waals surface area (Å²) in [4.78, 5) is 4.21. The Labute approximate surface area is 97.5 Å². The molecule has 0 fully saturated rings. The SMILES string of the molecule is C=CCCCNc1cccnc1OC(C)C. The minimum Gasteiger partial charge on any atom is -0.473 e. The standard InChI is InChI=1S/C13H20N2O/c1-4-5-6-9-14-12-8-7-10-15-13(12)16-11(2)3/h4,7-8,10-11,14H,1,5-6,9H2,2-3H3. The highest BCUT2D eigenvalue weighted by Crippen LogP contribution is 2.21. The number of hydrogen-bond acceptors (Lipinski definition) is 3. The fourth-order valence-electron chi connectivity index (χ4n) is 1.31. The molecule has 0 amide bonds. The second-order valence-electron chi connectivity index (χ2n) is 3.88. The lowest BCUT2D eigenvalue weighted by molar-refractivity contribution is 0.234. The maximum atomic E-state index is 5.61. The van der Waals surface area contributed by atoms with Crippen molar-refractivity contribution in [3.63, 3.8) is 0 Å². The van der Waals surface area contributed by atoms with Gasteiger partial charge >= 0.3 is 0 Å². The fourth-order valence-corrected chi connectivity index (χ4v) is 1.31. The van der Waals surface area contributed by atoms with Crippen LogP contribution in [0.3, 0.4) is 0 Å². The smallest absolute Gasteiger partial charge is 0.237 e. The topological polar surface area (TPSA) is 34.2 Å². The molecule has 1 N–H and O–H groups in total. The van der Waals surface area contributed by atoms with E-state index < -0.39 is 0 Å². The van der Waals surface area contributed by atoms with Gasteiger partial charge in [0.05, 0.1) is 11.8 Å². The summed E-state index contributed by atoms with van der Waals surface area (Å²) in [5.74, 6) is 0.677. The van der Waals surface area contributed by atoms with E-state index in [0.717, 1.165) is 25.1 Å². The van der Waals surface area contributed by atoms with Gasteiger partial charge in [0.25, 0.3) is 0 Å². The Morgan fingerprint density at radius 1 is 1.56 bits per heavy atom. The van der Waals surface area contributed by atoms with Crippen LogP contribution in [0.4, 0.5) is 5.69 Å². The zero-order chi connectivity index (χ0) is 11.8. The minimum atomic E-state index is 0.142. The van der Waals surface area contributed by atoms with Crippen LogP contribution in [0.15, 0.2) is 31.0 Å². The molecule has 0 aromatic carbocycles. The second-order valence-corrected chi connectivity index (χ2v) is 3.88. The van der Waals surface area contributed by atoms with E-state index >= 15 is 0 Å². The number of hydrogen-bond donors (Lipinski definition) is 1.